The van der Waals surface area contributed by atoms with E-state index in [9.17, 15) is 9.59 Å². The number of fused-ring (bicyclic) bond motifs is 1. The quantitative estimate of drug-likeness (QED) is 0.907. The van der Waals surface area contributed by atoms with Crippen molar-refractivity contribution in [3.8, 4) is 0 Å². The summed E-state index contributed by atoms with van der Waals surface area (Å²) in [5.74, 6) is -0.00111. The number of anilines is 1. The number of nitrogens with one attached hydrogen (secondary N) is 1. The number of likely N-dealkylation sites (tertiary alicyclic amines) is 1. The largest absolute Gasteiger partial charge is 0.330 e. The normalized spacial score (nSPS) is 16.2. The predicted molar refractivity (Wildman–Crippen MR) is 98.3 cm³/mol. The van der Waals surface area contributed by atoms with Gasteiger partial charge in [0.25, 0.3) is 0 Å². The molecule has 3 rings (SSSR count). The summed E-state index contributed by atoms with van der Waals surface area (Å²) in [5.41, 5.74) is 1.56. The van der Waals surface area contributed by atoms with Crippen molar-refractivity contribution in [2.75, 3.05) is 11.9 Å². The Labute approximate surface area is 148 Å². The summed E-state index contributed by atoms with van der Waals surface area (Å²) >= 11 is 0. The van der Waals surface area contributed by atoms with Gasteiger partial charge < -0.3 is 10.2 Å². The highest BCUT2D eigenvalue weighted by Gasteiger charge is 2.34. The van der Waals surface area contributed by atoms with Gasteiger partial charge in [0.15, 0.2) is 0 Å². The SMILES string of the molecule is CC(C)[C@@H](C(=O)Nc1ccc2cn(C(C)C)nc2c1)N1CCCC1=O. The fraction of sp³-hybridized carbons (Fsp3) is 0.526. The van der Waals surface area contributed by atoms with Crippen LogP contribution in [0.25, 0.3) is 10.9 Å². The van der Waals surface area contributed by atoms with Gasteiger partial charge in [-0.25, -0.2) is 0 Å². The van der Waals surface area contributed by atoms with Gasteiger partial charge in [0.05, 0.1) is 5.52 Å². The average molecular weight is 342 g/mol. The zero-order chi connectivity index (χ0) is 18.1. The van der Waals surface area contributed by atoms with Gasteiger partial charge in [-0.15, -0.1) is 0 Å². The van der Waals surface area contributed by atoms with Crippen molar-refractivity contribution in [2.24, 2.45) is 5.92 Å². The summed E-state index contributed by atoms with van der Waals surface area (Å²) < 4.78 is 1.91. The van der Waals surface area contributed by atoms with Crippen LogP contribution < -0.4 is 5.32 Å². The molecular formula is C19H26N4O2. The third kappa shape index (κ3) is 3.52. The Bertz CT molecular complexity index is 794. The summed E-state index contributed by atoms with van der Waals surface area (Å²) in [6.07, 6.45) is 3.37. The fourth-order valence-electron chi connectivity index (χ4n) is 3.36. The van der Waals surface area contributed by atoms with Crippen LogP contribution in [0.5, 0.6) is 0 Å². The number of carbonyl (C=O) groups is 2. The van der Waals surface area contributed by atoms with E-state index in [1.807, 2.05) is 42.9 Å². The van der Waals surface area contributed by atoms with Gasteiger partial charge in [0.1, 0.15) is 6.04 Å². The van der Waals surface area contributed by atoms with Crippen molar-refractivity contribution in [3.63, 3.8) is 0 Å². The maximum atomic E-state index is 12.8. The maximum absolute atomic E-state index is 12.8. The lowest BCUT2D eigenvalue weighted by atomic mass is 10.0. The molecule has 6 nitrogen and oxygen atoms in total. The van der Waals surface area contributed by atoms with E-state index in [1.54, 1.807) is 4.90 Å². The van der Waals surface area contributed by atoms with Gasteiger partial charge in [-0.05, 0) is 44.4 Å². The molecule has 1 aromatic carbocycles. The number of nitrogens with zero attached hydrogens (tertiary/aromatic N) is 3. The predicted octanol–water partition coefficient (Wildman–Crippen LogP) is 3.20. The molecule has 25 heavy (non-hydrogen) atoms. The van der Waals surface area contributed by atoms with Crippen molar-refractivity contribution in [3.05, 3.63) is 24.4 Å². The average Bonchev–Trinajstić information content (AvgIpc) is 3.13. The van der Waals surface area contributed by atoms with Gasteiger partial charge in [0, 0.05) is 36.3 Å². The molecule has 0 bridgehead atoms. The van der Waals surface area contributed by atoms with Gasteiger partial charge in [-0.3, -0.25) is 14.3 Å². The summed E-state index contributed by atoms with van der Waals surface area (Å²) in [7, 11) is 0. The molecule has 2 amide bonds. The Morgan fingerprint density at radius 3 is 2.60 bits per heavy atom. The van der Waals surface area contributed by atoms with E-state index in [-0.39, 0.29) is 23.8 Å². The number of carbonyl (C=O) groups excluding carboxylic acids is 2. The minimum absolute atomic E-state index is 0.0610. The monoisotopic (exact) mass is 342 g/mol. The first-order valence-corrected chi connectivity index (χ1v) is 8.96. The smallest absolute Gasteiger partial charge is 0.247 e. The second-order valence-electron chi connectivity index (χ2n) is 7.35. The molecule has 1 N–H and O–H groups in total. The maximum Gasteiger partial charge on any atom is 0.247 e. The molecule has 1 aliphatic heterocycles. The zero-order valence-corrected chi connectivity index (χ0v) is 15.3. The highest BCUT2D eigenvalue weighted by Crippen LogP contribution is 2.23. The van der Waals surface area contributed by atoms with Gasteiger partial charge in [-0.2, -0.15) is 5.10 Å². The summed E-state index contributed by atoms with van der Waals surface area (Å²) in [4.78, 5) is 26.6. The molecule has 0 spiro atoms. The van der Waals surface area contributed by atoms with Crippen LogP contribution in [0.15, 0.2) is 24.4 Å². The van der Waals surface area contributed by atoms with Crippen LogP contribution in [0.4, 0.5) is 5.69 Å². The molecule has 1 fully saturated rings. The Balaban J connectivity index is 1.81. The van der Waals surface area contributed by atoms with E-state index < -0.39 is 6.04 Å². The van der Waals surface area contributed by atoms with Crippen molar-refractivity contribution in [1.29, 1.82) is 0 Å². The Hall–Kier alpha value is -2.37. The molecule has 1 aliphatic rings. The van der Waals surface area contributed by atoms with Crippen LogP contribution in [0.3, 0.4) is 0 Å². The number of benzene rings is 1. The van der Waals surface area contributed by atoms with Crippen LogP contribution >= 0.6 is 0 Å². The fourth-order valence-corrected chi connectivity index (χ4v) is 3.36. The summed E-state index contributed by atoms with van der Waals surface area (Å²) in [6.45, 7) is 8.77. The third-order valence-corrected chi connectivity index (χ3v) is 4.67. The summed E-state index contributed by atoms with van der Waals surface area (Å²) in [5, 5.41) is 8.56. The second kappa shape index (κ2) is 6.86. The molecule has 6 heteroatoms. The third-order valence-electron chi connectivity index (χ3n) is 4.67. The van der Waals surface area contributed by atoms with E-state index in [0.29, 0.717) is 18.7 Å². The minimum atomic E-state index is -0.432. The van der Waals surface area contributed by atoms with E-state index in [4.69, 9.17) is 0 Å². The number of hydrogen-bond acceptors (Lipinski definition) is 3. The van der Waals surface area contributed by atoms with E-state index in [0.717, 1.165) is 17.3 Å². The summed E-state index contributed by atoms with van der Waals surface area (Å²) in [6, 6.07) is 5.59. The van der Waals surface area contributed by atoms with Crippen LogP contribution in [-0.4, -0.2) is 39.1 Å². The molecular weight excluding hydrogens is 316 g/mol. The van der Waals surface area contributed by atoms with E-state index in [2.05, 4.69) is 24.3 Å². The first-order chi connectivity index (χ1) is 11.9. The standard InChI is InChI=1S/C19H26N4O2/c1-12(2)18(22-9-5-6-17(22)24)19(25)20-15-8-7-14-11-23(13(3)4)21-16(14)10-15/h7-8,10-13,18H,5-6,9H2,1-4H3,(H,20,25)/t18-/m0/s1. The molecule has 1 atom stereocenters. The lowest BCUT2D eigenvalue weighted by Crippen LogP contribution is -2.47. The molecule has 1 aromatic heterocycles. The van der Waals surface area contributed by atoms with Crippen molar-refractivity contribution in [2.45, 2.75) is 52.6 Å². The lowest BCUT2D eigenvalue weighted by Gasteiger charge is -2.29. The Kier molecular flexibility index (Phi) is 4.79. The number of hydrogen-bond donors (Lipinski definition) is 1. The molecule has 0 radical (unpaired) electrons. The molecule has 0 unspecified atom stereocenters. The van der Waals surface area contributed by atoms with Crippen LogP contribution in [0.1, 0.15) is 46.6 Å². The Morgan fingerprint density at radius 2 is 2.00 bits per heavy atom. The number of rotatable bonds is 5. The van der Waals surface area contributed by atoms with E-state index in [1.165, 1.54) is 0 Å². The Morgan fingerprint density at radius 1 is 1.24 bits per heavy atom. The first kappa shape index (κ1) is 17.5. The number of amides is 2. The van der Waals surface area contributed by atoms with Crippen molar-refractivity contribution < 1.29 is 9.59 Å². The molecule has 0 saturated carbocycles. The first-order valence-electron chi connectivity index (χ1n) is 8.96. The molecule has 0 aliphatic carbocycles. The van der Waals surface area contributed by atoms with Gasteiger partial charge >= 0.3 is 0 Å². The highest BCUT2D eigenvalue weighted by atomic mass is 16.2. The molecule has 2 aromatic rings. The van der Waals surface area contributed by atoms with Crippen molar-refractivity contribution in [1.82, 2.24) is 14.7 Å². The van der Waals surface area contributed by atoms with Gasteiger partial charge in [0.2, 0.25) is 11.8 Å². The van der Waals surface area contributed by atoms with Gasteiger partial charge in [-0.1, -0.05) is 13.8 Å². The minimum Gasteiger partial charge on any atom is -0.330 e. The van der Waals surface area contributed by atoms with Crippen LogP contribution in [-0.2, 0) is 9.59 Å². The zero-order valence-electron chi connectivity index (χ0n) is 15.3. The van der Waals surface area contributed by atoms with E-state index >= 15 is 0 Å². The topological polar surface area (TPSA) is 67.2 Å². The number of aromatic nitrogens is 2. The second-order valence-corrected chi connectivity index (χ2v) is 7.35. The van der Waals surface area contributed by atoms with Crippen LogP contribution in [0, 0.1) is 5.92 Å². The lowest BCUT2D eigenvalue weighted by molar-refractivity contribution is -0.136. The molecule has 1 saturated heterocycles. The molecule has 134 valence electrons. The molecule has 2 heterocycles. The highest BCUT2D eigenvalue weighted by molar-refractivity contribution is 5.99. The van der Waals surface area contributed by atoms with Crippen molar-refractivity contribution >= 4 is 28.4 Å². The van der Waals surface area contributed by atoms with Crippen LogP contribution in [0.2, 0.25) is 0 Å².